The normalized spacial score (nSPS) is 17.4. The number of hydrogen-bond acceptors (Lipinski definition) is 1. The number of carbonyl (C=O) groups is 1. The minimum atomic E-state index is -4.40. The van der Waals surface area contributed by atoms with Crippen molar-refractivity contribution in [1.82, 2.24) is 5.32 Å². The Morgan fingerprint density at radius 1 is 1.17 bits per heavy atom. The lowest BCUT2D eigenvalue weighted by Crippen LogP contribution is -2.47. The summed E-state index contributed by atoms with van der Waals surface area (Å²) in [6, 6.07) is 4.66. The Morgan fingerprint density at radius 3 is 2.06 bits per heavy atom. The minimum Gasteiger partial charge on any atom is -0.338 e. The van der Waals surface area contributed by atoms with E-state index in [4.69, 9.17) is 0 Å². The van der Waals surface area contributed by atoms with Gasteiger partial charge in [-0.25, -0.2) is 0 Å². The molecule has 0 unspecified atom stereocenters. The third-order valence-electron chi connectivity index (χ3n) is 2.77. The lowest BCUT2D eigenvalue weighted by Gasteiger charge is -2.20. The summed E-state index contributed by atoms with van der Waals surface area (Å²) in [5, 5.41) is 2.07. The zero-order valence-corrected chi connectivity index (χ0v) is 12.1. The van der Waals surface area contributed by atoms with Crippen molar-refractivity contribution >= 4 is 37.8 Å². The van der Waals surface area contributed by atoms with Crippen LogP contribution in [0.3, 0.4) is 0 Å². The quantitative estimate of drug-likeness (QED) is 0.816. The van der Waals surface area contributed by atoms with Gasteiger partial charge in [0.25, 0.3) is 5.91 Å². The predicted molar refractivity (Wildman–Crippen MR) is 67.3 cm³/mol. The second kappa shape index (κ2) is 4.52. The van der Waals surface area contributed by atoms with E-state index in [-0.39, 0.29) is 18.4 Å². The molecule has 1 saturated carbocycles. The smallest absolute Gasteiger partial charge is 0.338 e. The fourth-order valence-electron chi connectivity index (χ4n) is 1.58. The van der Waals surface area contributed by atoms with Crippen molar-refractivity contribution in [3.63, 3.8) is 0 Å². The highest BCUT2D eigenvalue weighted by Gasteiger charge is 2.64. The molecule has 0 aliphatic heterocycles. The van der Waals surface area contributed by atoms with Crippen LogP contribution in [0.2, 0.25) is 0 Å². The number of nitrogens with one attached hydrogen (secondary N) is 1. The summed E-state index contributed by atoms with van der Waals surface area (Å²) in [7, 11) is 0. The van der Waals surface area contributed by atoms with Gasteiger partial charge in [-0.2, -0.15) is 13.2 Å². The van der Waals surface area contributed by atoms with Gasteiger partial charge in [0, 0.05) is 14.5 Å². The standard InChI is InChI=1S/C11H8Br2F3NO/c12-7-3-6(4-8(13)5-7)9(18)17-10(1-2-10)11(14,15)16/h3-5H,1-2H2,(H,17,18). The fourth-order valence-corrected chi connectivity index (χ4v) is 2.87. The molecule has 7 heteroatoms. The molecule has 2 rings (SSSR count). The maximum atomic E-state index is 12.7. The molecule has 0 heterocycles. The van der Waals surface area contributed by atoms with Crippen LogP contribution in [0, 0.1) is 0 Å². The van der Waals surface area contributed by atoms with E-state index in [2.05, 4.69) is 37.2 Å². The van der Waals surface area contributed by atoms with Crippen molar-refractivity contribution in [2.45, 2.75) is 24.6 Å². The Labute approximate surface area is 118 Å². The van der Waals surface area contributed by atoms with E-state index >= 15 is 0 Å². The first-order chi connectivity index (χ1) is 8.23. The zero-order valence-electron chi connectivity index (χ0n) is 8.94. The molecule has 0 saturated heterocycles. The first-order valence-corrected chi connectivity index (χ1v) is 6.67. The highest BCUT2D eigenvalue weighted by molar-refractivity contribution is 9.11. The average Bonchev–Trinajstić information content (AvgIpc) is 2.96. The molecular weight excluding hydrogens is 379 g/mol. The Morgan fingerprint density at radius 2 is 1.67 bits per heavy atom. The van der Waals surface area contributed by atoms with Crippen molar-refractivity contribution in [3.8, 4) is 0 Å². The van der Waals surface area contributed by atoms with E-state index in [9.17, 15) is 18.0 Å². The largest absolute Gasteiger partial charge is 0.411 e. The SMILES string of the molecule is O=C(NC1(C(F)(F)F)CC1)c1cc(Br)cc(Br)c1. The molecule has 98 valence electrons. The Kier molecular flexibility index (Phi) is 3.48. The summed E-state index contributed by atoms with van der Waals surface area (Å²) in [4.78, 5) is 11.8. The van der Waals surface area contributed by atoms with Crippen molar-refractivity contribution in [3.05, 3.63) is 32.7 Å². The number of halogens is 5. The maximum absolute atomic E-state index is 12.7. The van der Waals surface area contributed by atoms with E-state index < -0.39 is 17.6 Å². The topological polar surface area (TPSA) is 29.1 Å². The van der Waals surface area contributed by atoms with Gasteiger partial charge in [-0.1, -0.05) is 31.9 Å². The molecule has 2 nitrogen and oxygen atoms in total. The van der Waals surface area contributed by atoms with Crippen LogP contribution >= 0.6 is 31.9 Å². The number of alkyl halides is 3. The van der Waals surface area contributed by atoms with Crippen LogP contribution in [0.4, 0.5) is 13.2 Å². The second-order valence-corrected chi connectivity index (χ2v) is 6.02. The highest BCUT2D eigenvalue weighted by Crippen LogP contribution is 2.49. The lowest BCUT2D eigenvalue weighted by atomic mass is 10.2. The molecule has 0 aromatic heterocycles. The van der Waals surface area contributed by atoms with Crippen LogP contribution in [-0.4, -0.2) is 17.6 Å². The van der Waals surface area contributed by atoms with Crippen molar-refractivity contribution < 1.29 is 18.0 Å². The minimum absolute atomic E-state index is 0.0581. The summed E-state index contributed by atoms with van der Waals surface area (Å²) in [5.41, 5.74) is -1.84. The van der Waals surface area contributed by atoms with Gasteiger partial charge in [-0.05, 0) is 31.0 Å². The van der Waals surface area contributed by atoms with E-state index in [0.717, 1.165) is 0 Å². The molecule has 0 radical (unpaired) electrons. The summed E-state index contributed by atoms with van der Waals surface area (Å²) in [6.45, 7) is 0. The molecule has 1 amide bonds. The van der Waals surface area contributed by atoms with E-state index in [1.807, 2.05) is 0 Å². The van der Waals surface area contributed by atoms with Gasteiger partial charge >= 0.3 is 6.18 Å². The first kappa shape index (κ1) is 13.9. The van der Waals surface area contributed by atoms with E-state index in [1.54, 1.807) is 6.07 Å². The molecule has 0 spiro atoms. The number of hydrogen-bond donors (Lipinski definition) is 1. The van der Waals surface area contributed by atoms with E-state index in [0.29, 0.717) is 8.95 Å². The average molecular weight is 387 g/mol. The van der Waals surface area contributed by atoms with Crippen molar-refractivity contribution in [2.75, 3.05) is 0 Å². The zero-order chi connectivity index (χ0) is 13.6. The molecule has 1 aromatic rings. The van der Waals surface area contributed by atoms with Crippen LogP contribution in [-0.2, 0) is 0 Å². The Bertz CT molecular complexity index is 477. The van der Waals surface area contributed by atoms with Gasteiger partial charge in [-0.3, -0.25) is 4.79 Å². The second-order valence-electron chi connectivity index (χ2n) is 4.19. The Balaban J connectivity index is 2.18. The third kappa shape index (κ3) is 2.71. The molecule has 1 aliphatic carbocycles. The maximum Gasteiger partial charge on any atom is 0.411 e. The van der Waals surface area contributed by atoms with Gasteiger partial charge in [-0.15, -0.1) is 0 Å². The van der Waals surface area contributed by atoms with Crippen molar-refractivity contribution in [1.29, 1.82) is 0 Å². The van der Waals surface area contributed by atoms with Crippen molar-refractivity contribution in [2.24, 2.45) is 0 Å². The lowest BCUT2D eigenvalue weighted by molar-refractivity contribution is -0.163. The number of amides is 1. The highest BCUT2D eigenvalue weighted by atomic mass is 79.9. The van der Waals surface area contributed by atoms with Crippen LogP contribution in [0.25, 0.3) is 0 Å². The summed E-state index contributed by atoms with van der Waals surface area (Å²) in [5.74, 6) is -0.716. The van der Waals surface area contributed by atoms with Crippen LogP contribution in [0.1, 0.15) is 23.2 Å². The van der Waals surface area contributed by atoms with Gasteiger partial charge in [0.15, 0.2) is 0 Å². The fraction of sp³-hybridized carbons (Fsp3) is 0.364. The van der Waals surface area contributed by atoms with Gasteiger partial charge in [0.2, 0.25) is 0 Å². The summed E-state index contributed by atoms with van der Waals surface area (Å²) < 4.78 is 39.3. The number of carbonyl (C=O) groups excluding carboxylic acids is 1. The van der Waals surface area contributed by atoms with Gasteiger partial charge < -0.3 is 5.32 Å². The van der Waals surface area contributed by atoms with Crippen LogP contribution in [0.5, 0.6) is 0 Å². The number of rotatable bonds is 2. The summed E-state index contributed by atoms with van der Waals surface area (Å²) in [6.07, 6.45) is -4.51. The van der Waals surface area contributed by atoms with Gasteiger partial charge in [0.1, 0.15) is 5.54 Å². The monoisotopic (exact) mass is 385 g/mol. The molecule has 1 aliphatic rings. The predicted octanol–water partition coefficient (Wildman–Crippen LogP) is 4.04. The van der Waals surface area contributed by atoms with Crippen LogP contribution in [0.15, 0.2) is 27.1 Å². The van der Waals surface area contributed by atoms with Gasteiger partial charge in [0.05, 0.1) is 0 Å². The summed E-state index contributed by atoms with van der Waals surface area (Å²) >= 11 is 6.37. The third-order valence-corrected chi connectivity index (χ3v) is 3.69. The molecule has 18 heavy (non-hydrogen) atoms. The molecule has 0 atom stereocenters. The first-order valence-electron chi connectivity index (χ1n) is 5.09. The molecular formula is C11H8Br2F3NO. The number of benzene rings is 1. The molecule has 1 fully saturated rings. The molecule has 1 N–H and O–H groups in total. The molecule has 0 bridgehead atoms. The molecule has 1 aromatic carbocycles. The van der Waals surface area contributed by atoms with E-state index in [1.165, 1.54) is 12.1 Å². The van der Waals surface area contributed by atoms with Crippen LogP contribution < -0.4 is 5.32 Å². The Hall–Kier alpha value is -0.560.